The molecule has 2 aromatic rings. The van der Waals surface area contributed by atoms with Crippen LogP contribution in [0.4, 0.5) is 11.5 Å². The second-order valence-electron chi connectivity index (χ2n) is 4.96. The second-order valence-corrected chi connectivity index (χ2v) is 7.17. The molecule has 0 saturated carbocycles. The predicted molar refractivity (Wildman–Crippen MR) is 97.3 cm³/mol. The summed E-state index contributed by atoms with van der Waals surface area (Å²) >= 11 is 12.2. The highest BCUT2D eigenvalue weighted by Gasteiger charge is 2.18. The summed E-state index contributed by atoms with van der Waals surface area (Å²) in [4.78, 5) is 5.09. The van der Waals surface area contributed by atoms with Gasteiger partial charge >= 0.3 is 0 Å². The third-order valence-electron chi connectivity index (χ3n) is 3.50. The van der Waals surface area contributed by atoms with Gasteiger partial charge in [-0.15, -0.1) is 0 Å². The molecule has 108 valence electrons. The Morgan fingerprint density at radius 3 is 2.81 bits per heavy atom. The van der Waals surface area contributed by atoms with Gasteiger partial charge in [-0.2, -0.15) is 0 Å². The lowest BCUT2D eigenvalue weighted by Gasteiger charge is -2.14. The molecule has 0 aliphatic heterocycles. The minimum Gasteiger partial charge on any atom is -0.389 e. The number of hydrogen-bond donors (Lipinski definition) is 2. The number of anilines is 2. The molecule has 21 heavy (non-hydrogen) atoms. The molecule has 1 heterocycles. The fourth-order valence-corrected chi connectivity index (χ4v) is 3.34. The molecule has 6 heteroatoms. The zero-order valence-corrected chi connectivity index (χ0v) is 15.1. The lowest BCUT2D eigenvalue weighted by atomic mass is 10.1. The Bertz CT molecular complexity index is 731. The van der Waals surface area contributed by atoms with Crippen LogP contribution in [0.15, 0.2) is 33.2 Å². The third kappa shape index (κ3) is 3.12. The fourth-order valence-electron chi connectivity index (χ4n) is 2.48. The van der Waals surface area contributed by atoms with E-state index < -0.39 is 0 Å². The van der Waals surface area contributed by atoms with E-state index in [2.05, 4.69) is 43.2 Å². The Morgan fingerprint density at radius 2 is 2.05 bits per heavy atom. The van der Waals surface area contributed by atoms with E-state index in [4.69, 9.17) is 22.9 Å². The summed E-state index contributed by atoms with van der Waals surface area (Å²) in [6.45, 7) is 0. The van der Waals surface area contributed by atoms with Crippen LogP contribution in [-0.2, 0) is 12.8 Å². The quantitative estimate of drug-likeness (QED) is 0.710. The molecule has 0 atom stereocenters. The highest BCUT2D eigenvalue weighted by atomic mass is 79.9. The maximum Gasteiger partial charge on any atom is 0.140 e. The molecule has 0 radical (unpaired) electrons. The molecule has 1 aromatic carbocycles. The minimum absolute atomic E-state index is 0.366. The van der Waals surface area contributed by atoms with Crippen molar-refractivity contribution in [3.63, 3.8) is 0 Å². The Labute approximate surface area is 145 Å². The topological polar surface area (TPSA) is 50.9 Å². The summed E-state index contributed by atoms with van der Waals surface area (Å²) in [6.07, 6.45) is 3.21. The highest BCUT2D eigenvalue weighted by Crippen LogP contribution is 2.31. The van der Waals surface area contributed by atoms with Crippen molar-refractivity contribution >= 4 is 60.6 Å². The normalized spacial score (nSPS) is 13.0. The van der Waals surface area contributed by atoms with Crippen molar-refractivity contribution in [1.29, 1.82) is 0 Å². The summed E-state index contributed by atoms with van der Waals surface area (Å²) in [6, 6.07) is 8.01. The van der Waals surface area contributed by atoms with Gasteiger partial charge in [-0.05, 0) is 65.0 Å². The van der Waals surface area contributed by atoms with Crippen LogP contribution in [0, 0.1) is 0 Å². The fraction of sp³-hybridized carbons (Fsp3) is 0.200. The summed E-state index contributed by atoms with van der Waals surface area (Å²) < 4.78 is 1.95. The van der Waals surface area contributed by atoms with Gasteiger partial charge in [0.1, 0.15) is 10.8 Å². The molecule has 3 rings (SSSR count). The standard InChI is InChI=1S/C15H13Br2N3S/c16-9-4-5-11(17)13(7-9)20-15-10(14(18)21)6-8-2-1-3-12(8)19-15/h4-7H,1-3H2,(H2,18,21)(H,19,20). The van der Waals surface area contributed by atoms with Gasteiger partial charge in [0, 0.05) is 14.6 Å². The first-order valence-electron chi connectivity index (χ1n) is 6.59. The number of thiocarbonyl (C=S) groups is 1. The maximum absolute atomic E-state index is 5.86. The molecule has 0 saturated heterocycles. The van der Waals surface area contributed by atoms with E-state index in [9.17, 15) is 0 Å². The first-order chi connectivity index (χ1) is 10.0. The molecular formula is C15H13Br2N3S. The van der Waals surface area contributed by atoms with Crippen molar-refractivity contribution in [3.8, 4) is 0 Å². The van der Waals surface area contributed by atoms with E-state index in [0.29, 0.717) is 4.99 Å². The smallest absolute Gasteiger partial charge is 0.140 e. The van der Waals surface area contributed by atoms with Gasteiger partial charge in [0.25, 0.3) is 0 Å². The molecular weight excluding hydrogens is 414 g/mol. The van der Waals surface area contributed by atoms with Crippen LogP contribution in [0.5, 0.6) is 0 Å². The van der Waals surface area contributed by atoms with E-state index >= 15 is 0 Å². The Balaban J connectivity index is 2.05. The number of halogens is 2. The van der Waals surface area contributed by atoms with Crippen molar-refractivity contribution in [2.24, 2.45) is 5.73 Å². The van der Waals surface area contributed by atoms with Crippen LogP contribution >= 0.6 is 44.1 Å². The van der Waals surface area contributed by atoms with Crippen LogP contribution in [0.1, 0.15) is 23.2 Å². The minimum atomic E-state index is 0.366. The van der Waals surface area contributed by atoms with Gasteiger partial charge in [-0.1, -0.05) is 28.1 Å². The van der Waals surface area contributed by atoms with Gasteiger partial charge in [-0.25, -0.2) is 4.98 Å². The molecule has 0 bridgehead atoms. The third-order valence-corrected chi connectivity index (χ3v) is 4.90. The first kappa shape index (κ1) is 14.9. The van der Waals surface area contributed by atoms with E-state index in [0.717, 1.165) is 51.0 Å². The van der Waals surface area contributed by atoms with Crippen molar-refractivity contribution in [3.05, 3.63) is 50.0 Å². The number of pyridine rings is 1. The predicted octanol–water partition coefficient (Wildman–Crippen LogP) is 4.47. The summed E-state index contributed by atoms with van der Waals surface area (Å²) in [5.74, 6) is 0.724. The van der Waals surface area contributed by atoms with Crippen LogP contribution in [0.2, 0.25) is 0 Å². The molecule has 1 aliphatic rings. The average molecular weight is 427 g/mol. The van der Waals surface area contributed by atoms with Gasteiger partial charge in [0.2, 0.25) is 0 Å². The number of rotatable bonds is 3. The summed E-state index contributed by atoms with van der Waals surface area (Å²) in [5, 5.41) is 3.34. The number of nitrogens with zero attached hydrogens (tertiary/aromatic N) is 1. The molecule has 0 fully saturated rings. The van der Waals surface area contributed by atoms with Crippen LogP contribution in [0.3, 0.4) is 0 Å². The Hall–Kier alpha value is -0.980. The second kappa shape index (κ2) is 6.02. The summed E-state index contributed by atoms with van der Waals surface area (Å²) in [7, 11) is 0. The molecule has 0 spiro atoms. The number of benzene rings is 1. The van der Waals surface area contributed by atoms with Crippen LogP contribution in [0.25, 0.3) is 0 Å². The Kier molecular flexibility index (Phi) is 4.28. The van der Waals surface area contributed by atoms with Crippen molar-refractivity contribution in [1.82, 2.24) is 4.98 Å². The lowest BCUT2D eigenvalue weighted by Crippen LogP contribution is -2.14. The first-order valence-corrected chi connectivity index (χ1v) is 8.58. The average Bonchev–Trinajstić information content (AvgIpc) is 2.89. The molecule has 3 N–H and O–H groups in total. The number of fused-ring (bicyclic) bond motifs is 1. The van der Waals surface area contributed by atoms with Crippen molar-refractivity contribution < 1.29 is 0 Å². The zero-order valence-electron chi connectivity index (χ0n) is 11.1. The number of aromatic nitrogens is 1. The van der Waals surface area contributed by atoms with E-state index in [-0.39, 0.29) is 0 Å². The molecule has 0 amide bonds. The number of aryl methyl sites for hydroxylation is 2. The van der Waals surface area contributed by atoms with Gasteiger partial charge in [0.15, 0.2) is 0 Å². The Morgan fingerprint density at radius 1 is 1.24 bits per heavy atom. The lowest BCUT2D eigenvalue weighted by molar-refractivity contribution is 0.900. The number of nitrogens with one attached hydrogen (secondary N) is 1. The molecule has 1 aromatic heterocycles. The van der Waals surface area contributed by atoms with Crippen LogP contribution in [-0.4, -0.2) is 9.97 Å². The monoisotopic (exact) mass is 425 g/mol. The number of nitrogens with two attached hydrogens (primary N) is 1. The van der Waals surface area contributed by atoms with Crippen molar-refractivity contribution in [2.45, 2.75) is 19.3 Å². The molecule has 1 aliphatic carbocycles. The van der Waals surface area contributed by atoms with Gasteiger partial charge < -0.3 is 11.1 Å². The largest absolute Gasteiger partial charge is 0.389 e. The van der Waals surface area contributed by atoms with Crippen LogP contribution < -0.4 is 11.1 Å². The van der Waals surface area contributed by atoms with Crippen molar-refractivity contribution in [2.75, 3.05) is 5.32 Å². The maximum atomic E-state index is 5.86. The van der Waals surface area contributed by atoms with E-state index in [1.54, 1.807) is 0 Å². The SMILES string of the molecule is NC(=S)c1cc2c(nc1Nc1cc(Br)ccc1Br)CCC2. The number of hydrogen-bond acceptors (Lipinski definition) is 3. The zero-order chi connectivity index (χ0) is 15.0. The molecule has 0 unspecified atom stereocenters. The van der Waals surface area contributed by atoms with Gasteiger partial charge in [-0.3, -0.25) is 0 Å². The van der Waals surface area contributed by atoms with Gasteiger partial charge in [0.05, 0.1) is 11.3 Å². The highest BCUT2D eigenvalue weighted by molar-refractivity contribution is 9.11. The van der Waals surface area contributed by atoms with E-state index in [1.807, 2.05) is 18.2 Å². The van der Waals surface area contributed by atoms with E-state index in [1.165, 1.54) is 5.56 Å². The summed E-state index contributed by atoms with van der Waals surface area (Å²) in [5.41, 5.74) is 9.99. The molecule has 3 nitrogen and oxygen atoms in total.